The third kappa shape index (κ3) is 3.41. The van der Waals surface area contributed by atoms with Gasteiger partial charge in [0.25, 0.3) is 10.0 Å². The monoisotopic (exact) mass is 278 g/mol. The minimum atomic E-state index is -3.65. The van der Waals surface area contributed by atoms with Crippen LogP contribution < -0.4 is 10.0 Å². The second-order valence-electron chi connectivity index (χ2n) is 3.73. The van der Waals surface area contributed by atoms with Crippen LogP contribution in [-0.4, -0.2) is 24.9 Å². The summed E-state index contributed by atoms with van der Waals surface area (Å²) in [6.07, 6.45) is 2.83. The van der Waals surface area contributed by atoms with E-state index < -0.39 is 10.0 Å². The molecular weight excluding hydrogens is 264 g/mol. The van der Waals surface area contributed by atoms with Crippen LogP contribution in [0, 0.1) is 0 Å². The number of nitrogens with zero attached hydrogens (tertiary/aromatic N) is 2. The summed E-state index contributed by atoms with van der Waals surface area (Å²) in [4.78, 5) is 8.04. The molecular formula is C12H14N4O2S. The van der Waals surface area contributed by atoms with Gasteiger partial charge in [0, 0.05) is 18.9 Å². The smallest absolute Gasteiger partial charge is 0.264 e. The first-order valence-corrected chi connectivity index (χ1v) is 7.24. The molecule has 2 N–H and O–H groups in total. The average molecular weight is 278 g/mol. The van der Waals surface area contributed by atoms with Gasteiger partial charge in [-0.3, -0.25) is 4.72 Å². The highest BCUT2D eigenvalue weighted by atomic mass is 32.2. The maximum absolute atomic E-state index is 12.1. The highest BCUT2D eigenvalue weighted by Crippen LogP contribution is 2.14. The number of hydrogen-bond acceptors (Lipinski definition) is 5. The minimum Gasteiger partial charge on any atom is -0.370 e. The Labute approximate surface area is 112 Å². The molecule has 0 aliphatic rings. The largest absolute Gasteiger partial charge is 0.370 e. The second-order valence-corrected chi connectivity index (χ2v) is 5.41. The molecule has 0 saturated heterocycles. The van der Waals surface area contributed by atoms with Crippen molar-refractivity contribution in [1.29, 1.82) is 0 Å². The van der Waals surface area contributed by atoms with Gasteiger partial charge >= 0.3 is 0 Å². The van der Waals surface area contributed by atoms with E-state index in [-0.39, 0.29) is 10.7 Å². The molecule has 2 aromatic rings. The van der Waals surface area contributed by atoms with Gasteiger partial charge in [-0.1, -0.05) is 6.07 Å². The van der Waals surface area contributed by atoms with Gasteiger partial charge in [-0.2, -0.15) is 0 Å². The summed E-state index contributed by atoms with van der Waals surface area (Å²) in [7, 11) is -3.65. The van der Waals surface area contributed by atoms with Gasteiger partial charge in [-0.15, -0.1) is 0 Å². The van der Waals surface area contributed by atoms with E-state index in [1.807, 2.05) is 6.92 Å². The fourth-order valence-electron chi connectivity index (χ4n) is 1.44. The van der Waals surface area contributed by atoms with Crippen molar-refractivity contribution in [3.8, 4) is 0 Å². The van der Waals surface area contributed by atoms with E-state index in [4.69, 9.17) is 0 Å². The third-order valence-electron chi connectivity index (χ3n) is 2.31. The van der Waals surface area contributed by atoms with Gasteiger partial charge in [-0.05, 0) is 31.2 Å². The normalized spacial score (nSPS) is 11.0. The average Bonchev–Trinajstić information content (AvgIpc) is 2.40. The number of rotatable bonds is 5. The van der Waals surface area contributed by atoms with E-state index >= 15 is 0 Å². The molecule has 0 atom stereocenters. The quantitative estimate of drug-likeness (QED) is 0.869. The van der Waals surface area contributed by atoms with Crippen molar-refractivity contribution in [2.45, 2.75) is 11.8 Å². The molecule has 0 radical (unpaired) electrons. The van der Waals surface area contributed by atoms with Crippen molar-refractivity contribution in [3.63, 3.8) is 0 Å². The van der Waals surface area contributed by atoms with Crippen LogP contribution in [-0.2, 0) is 10.0 Å². The zero-order valence-corrected chi connectivity index (χ0v) is 11.2. The lowest BCUT2D eigenvalue weighted by Gasteiger charge is -2.07. The van der Waals surface area contributed by atoms with Crippen molar-refractivity contribution in [1.82, 2.24) is 9.97 Å². The summed E-state index contributed by atoms with van der Waals surface area (Å²) >= 11 is 0. The van der Waals surface area contributed by atoms with E-state index in [9.17, 15) is 8.42 Å². The topological polar surface area (TPSA) is 84.0 Å². The number of hydrogen-bond donors (Lipinski definition) is 2. The Morgan fingerprint density at radius 1 is 1.11 bits per heavy atom. The predicted octanol–water partition coefficient (Wildman–Crippen LogP) is 1.71. The Kier molecular flexibility index (Phi) is 3.96. The lowest BCUT2D eigenvalue weighted by atomic mass is 10.4. The van der Waals surface area contributed by atoms with E-state index in [2.05, 4.69) is 20.0 Å². The predicted molar refractivity (Wildman–Crippen MR) is 73.4 cm³/mol. The molecule has 2 aromatic heterocycles. The molecule has 0 saturated carbocycles. The van der Waals surface area contributed by atoms with Crippen LogP contribution in [0.2, 0.25) is 0 Å². The first-order valence-electron chi connectivity index (χ1n) is 5.75. The Bertz CT molecular complexity index is 627. The summed E-state index contributed by atoms with van der Waals surface area (Å²) in [5, 5.41) is 3.00. The SMILES string of the molecule is CCNc1ccc(S(=O)(=O)Nc2ccccn2)cn1. The molecule has 6 nitrogen and oxygen atoms in total. The molecule has 100 valence electrons. The highest BCUT2D eigenvalue weighted by Gasteiger charge is 2.14. The summed E-state index contributed by atoms with van der Waals surface area (Å²) in [6, 6.07) is 8.12. The maximum atomic E-state index is 12.1. The molecule has 0 spiro atoms. The van der Waals surface area contributed by atoms with Gasteiger partial charge < -0.3 is 5.32 Å². The molecule has 2 rings (SSSR count). The highest BCUT2D eigenvalue weighted by molar-refractivity contribution is 7.92. The second kappa shape index (κ2) is 5.66. The fraction of sp³-hybridized carbons (Fsp3) is 0.167. The molecule has 0 aromatic carbocycles. The standard InChI is InChI=1S/C12H14N4O2S/c1-2-13-11-7-6-10(9-15-11)19(17,18)16-12-5-3-4-8-14-12/h3-9H,2H2,1H3,(H,13,15)(H,14,16). The maximum Gasteiger partial charge on any atom is 0.264 e. The van der Waals surface area contributed by atoms with Gasteiger partial charge in [-0.25, -0.2) is 18.4 Å². The molecule has 0 aliphatic heterocycles. The van der Waals surface area contributed by atoms with Crippen LogP contribution >= 0.6 is 0 Å². The molecule has 2 heterocycles. The number of anilines is 2. The van der Waals surface area contributed by atoms with E-state index in [1.54, 1.807) is 24.3 Å². The van der Waals surface area contributed by atoms with Crippen LogP contribution in [0.1, 0.15) is 6.92 Å². The van der Waals surface area contributed by atoms with Crippen LogP contribution in [0.4, 0.5) is 11.6 Å². The Balaban J connectivity index is 2.20. The van der Waals surface area contributed by atoms with Gasteiger partial charge in [0.2, 0.25) is 0 Å². The number of aromatic nitrogens is 2. The van der Waals surface area contributed by atoms with E-state index in [0.29, 0.717) is 5.82 Å². The van der Waals surface area contributed by atoms with E-state index in [0.717, 1.165) is 6.54 Å². The van der Waals surface area contributed by atoms with Crippen LogP contribution in [0.5, 0.6) is 0 Å². The molecule has 0 fully saturated rings. The van der Waals surface area contributed by atoms with Crippen molar-refractivity contribution in [2.75, 3.05) is 16.6 Å². The summed E-state index contributed by atoms with van der Waals surface area (Å²) in [5.74, 6) is 0.914. The van der Waals surface area contributed by atoms with Gasteiger partial charge in [0.15, 0.2) is 0 Å². The lowest BCUT2D eigenvalue weighted by Crippen LogP contribution is -2.14. The zero-order valence-electron chi connectivity index (χ0n) is 10.4. The molecule has 0 amide bonds. The number of sulfonamides is 1. The first-order chi connectivity index (χ1) is 9.12. The summed E-state index contributed by atoms with van der Waals surface area (Å²) < 4.78 is 26.5. The molecule has 19 heavy (non-hydrogen) atoms. The molecule has 7 heteroatoms. The fourth-order valence-corrected chi connectivity index (χ4v) is 2.40. The summed E-state index contributed by atoms with van der Waals surface area (Å²) in [5.41, 5.74) is 0. The number of pyridine rings is 2. The van der Waals surface area contributed by atoms with Crippen molar-refractivity contribution < 1.29 is 8.42 Å². The Hall–Kier alpha value is -2.15. The zero-order chi connectivity index (χ0) is 13.7. The molecule has 0 unspecified atom stereocenters. The van der Waals surface area contributed by atoms with Crippen LogP contribution in [0.3, 0.4) is 0 Å². The van der Waals surface area contributed by atoms with Crippen LogP contribution in [0.15, 0.2) is 47.6 Å². The van der Waals surface area contributed by atoms with Gasteiger partial charge in [0.05, 0.1) is 0 Å². The lowest BCUT2D eigenvalue weighted by molar-refractivity contribution is 0.600. The first kappa shape index (κ1) is 13.3. The molecule has 0 bridgehead atoms. The Morgan fingerprint density at radius 3 is 2.53 bits per heavy atom. The summed E-state index contributed by atoms with van der Waals surface area (Å²) in [6.45, 7) is 2.67. The molecule has 0 aliphatic carbocycles. The number of nitrogens with one attached hydrogen (secondary N) is 2. The van der Waals surface area contributed by atoms with Crippen LogP contribution in [0.25, 0.3) is 0 Å². The van der Waals surface area contributed by atoms with Crippen molar-refractivity contribution >= 4 is 21.7 Å². The van der Waals surface area contributed by atoms with E-state index in [1.165, 1.54) is 18.5 Å². The third-order valence-corrected chi connectivity index (χ3v) is 3.65. The van der Waals surface area contributed by atoms with Crippen molar-refractivity contribution in [2.24, 2.45) is 0 Å². The minimum absolute atomic E-state index is 0.0970. The van der Waals surface area contributed by atoms with Gasteiger partial charge in [0.1, 0.15) is 16.5 Å². The Morgan fingerprint density at radius 2 is 1.95 bits per heavy atom. The van der Waals surface area contributed by atoms with Crippen molar-refractivity contribution in [3.05, 3.63) is 42.7 Å².